The molecule has 184 valence electrons. The molecule has 0 unspecified atom stereocenters. The van der Waals surface area contributed by atoms with Gasteiger partial charge in [0, 0.05) is 57.2 Å². The number of benzene rings is 2. The van der Waals surface area contributed by atoms with E-state index in [4.69, 9.17) is 0 Å². The van der Waals surface area contributed by atoms with Gasteiger partial charge in [0.05, 0.1) is 5.52 Å². The van der Waals surface area contributed by atoms with Gasteiger partial charge in [0.1, 0.15) is 11.2 Å². The summed E-state index contributed by atoms with van der Waals surface area (Å²) >= 11 is 0. The molecule has 5 rings (SSSR count). The van der Waals surface area contributed by atoms with Crippen LogP contribution < -0.4 is 16.1 Å². The van der Waals surface area contributed by atoms with E-state index < -0.39 is 0 Å². The molecule has 0 bridgehead atoms. The minimum Gasteiger partial charge on any atom is -0.330 e. The SMILES string of the molecule is CC(C)Cn1c(=O)n(C)c(=O)c2c(N(C)c3ccccc3)n(Cc3ccc(-n4cccc4)cc3)cc21. The van der Waals surface area contributed by atoms with E-state index in [0.29, 0.717) is 24.0 Å². The lowest BCUT2D eigenvalue weighted by molar-refractivity contribution is 0.502. The maximum absolute atomic E-state index is 13.5. The van der Waals surface area contributed by atoms with Crippen LogP contribution in [0.4, 0.5) is 11.5 Å². The molecule has 0 aliphatic heterocycles. The van der Waals surface area contributed by atoms with Crippen LogP contribution in [0, 0.1) is 5.92 Å². The lowest BCUT2D eigenvalue weighted by atomic mass is 10.2. The van der Waals surface area contributed by atoms with Crippen LogP contribution in [0.1, 0.15) is 19.4 Å². The van der Waals surface area contributed by atoms with Gasteiger partial charge in [0.25, 0.3) is 5.56 Å². The van der Waals surface area contributed by atoms with Crippen LogP contribution >= 0.6 is 0 Å². The summed E-state index contributed by atoms with van der Waals surface area (Å²) in [5.41, 5.74) is 3.24. The highest BCUT2D eigenvalue weighted by atomic mass is 16.2. The zero-order chi connectivity index (χ0) is 25.4. The molecule has 0 amide bonds. The predicted molar refractivity (Wildman–Crippen MR) is 146 cm³/mol. The summed E-state index contributed by atoms with van der Waals surface area (Å²) in [6.45, 7) is 5.24. The molecule has 0 radical (unpaired) electrons. The van der Waals surface area contributed by atoms with Gasteiger partial charge in [-0.25, -0.2) is 4.79 Å². The molecule has 0 aliphatic rings. The summed E-state index contributed by atoms with van der Waals surface area (Å²) < 4.78 is 7.11. The van der Waals surface area contributed by atoms with Gasteiger partial charge in [-0.1, -0.05) is 44.2 Å². The summed E-state index contributed by atoms with van der Waals surface area (Å²) in [5, 5.41) is 0.549. The van der Waals surface area contributed by atoms with Gasteiger partial charge in [-0.05, 0) is 47.9 Å². The highest BCUT2D eigenvalue weighted by Gasteiger charge is 2.23. The molecule has 0 atom stereocenters. The van der Waals surface area contributed by atoms with Crippen LogP contribution in [0.15, 0.2) is 94.9 Å². The zero-order valence-corrected chi connectivity index (χ0v) is 21.1. The molecule has 36 heavy (non-hydrogen) atoms. The summed E-state index contributed by atoms with van der Waals surface area (Å²) in [6, 6.07) is 22.4. The van der Waals surface area contributed by atoms with Crippen molar-refractivity contribution in [2.45, 2.75) is 26.9 Å². The summed E-state index contributed by atoms with van der Waals surface area (Å²) in [6.07, 6.45) is 5.99. The van der Waals surface area contributed by atoms with E-state index in [1.54, 1.807) is 11.6 Å². The van der Waals surface area contributed by atoms with Crippen LogP contribution in [-0.4, -0.2) is 25.3 Å². The van der Waals surface area contributed by atoms with Gasteiger partial charge in [0.2, 0.25) is 0 Å². The Balaban J connectivity index is 1.69. The predicted octanol–water partition coefficient (Wildman–Crippen LogP) is 4.76. The summed E-state index contributed by atoms with van der Waals surface area (Å²) in [5.74, 6) is 1.02. The smallest absolute Gasteiger partial charge is 0.330 e. The maximum atomic E-state index is 13.5. The molecule has 7 heteroatoms. The zero-order valence-electron chi connectivity index (χ0n) is 21.1. The molecular weight excluding hydrogens is 450 g/mol. The Hall–Kier alpha value is -4.26. The molecule has 0 saturated heterocycles. The topological polar surface area (TPSA) is 57.1 Å². The molecule has 2 aromatic carbocycles. The van der Waals surface area contributed by atoms with E-state index in [1.807, 2.05) is 73.0 Å². The van der Waals surface area contributed by atoms with Crippen LogP contribution in [0.2, 0.25) is 0 Å². The molecule has 0 fully saturated rings. The molecule has 0 saturated carbocycles. The fourth-order valence-electron chi connectivity index (χ4n) is 4.75. The van der Waals surface area contributed by atoms with E-state index in [2.05, 4.69) is 47.2 Å². The Labute approximate surface area is 210 Å². The molecule has 0 aliphatic carbocycles. The number of aromatic nitrogens is 4. The van der Waals surface area contributed by atoms with Crippen molar-refractivity contribution >= 4 is 22.4 Å². The third-order valence-corrected chi connectivity index (χ3v) is 6.56. The highest BCUT2D eigenvalue weighted by molar-refractivity contribution is 5.93. The number of fused-ring (bicyclic) bond motifs is 1. The van der Waals surface area contributed by atoms with Crippen molar-refractivity contribution in [1.29, 1.82) is 0 Å². The van der Waals surface area contributed by atoms with Crippen LogP contribution in [0.25, 0.3) is 16.6 Å². The Bertz CT molecular complexity index is 1610. The van der Waals surface area contributed by atoms with Gasteiger partial charge in [-0.15, -0.1) is 0 Å². The first-order chi connectivity index (χ1) is 17.3. The second kappa shape index (κ2) is 9.41. The van der Waals surface area contributed by atoms with Crippen molar-refractivity contribution in [2.24, 2.45) is 13.0 Å². The van der Waals surface area contributed by atoms with Crippen LogP contribution in [0.5, 0.6) is 0 Å². The maximum Gasteiger partial charge on any atom is 0.331 e. The van der Waals surface area contributed by atoms with E-state index in [-0.39, 0.29) is 17.2 Å². The first-order valence-corrected chi connectivity index (χ1v) is 12.2. The van der Waals surface area contributed by atoms with Gasteiger partial charge in [-0.2, -0.15) is 0 Å². The molecular formula is C29H31N5O2. The Morgan fingerprint density at radius 1 is 0.889 bits per heavy atom. The lowest BCUT2D eigenvalue weighted by Crippen LogP contribution is -2.38. The molecule has 0 spiro atoms. The fraction of sp³-hybridized carbons (Fsp3) is 0.241. The van der Waals surface area contributed by atoms with Crippen molar-refractivity contribution in [3.8, 4) is 5.69 Å². The number of nitrogens with zero attached hydrogens (tertiary/aromatic N) is 5. The van der Waals surface area contributed by atoms with Crippen molar-refractivity contribution in [3.05, 3.63) is 112 Å². The van der Waals surface area contributed by atoms with E-state index >= 15 is 0 Å². The summed E-state index contributed by atoms with van der Waals surface area (Å²) in [4.78, 5) is 28.6. The molecule has 3 heterocycles. The monoisotopic (exact) mass is 481 g/mol. The third kappa shape index (κ3) is 4.17. The number of rotatable bonds is 7. The number of para-hydroxylation sites is 1. The average molecular weight is 482 g/mol. The second-order valence-corrected chi connectivity index (χ2v) is 9.64. The van der Waals surface area contributed by atoms with Crippen LogP contribution in [-0.2, 0) is 20.1 Å². The first kappa shape index (κ1) is 23.5. The normalized spacial score (nSPS) is 11.5. The van der Waals surface area contributed by atoms with Crippen molar-refractivity contribution in [1.82, 2.24) is 18.3 Å². The van der Waals surface area contributed by atoms with E-state index in [0.717, 1.165) is 22.8 Å². The Morgan fingerprint density at radius 2 is 1.56 bits per heavy atom. The minimum absolute atomic E-state index is 0.253. The first-order valence-electron chi connectivity index (χ1n) is 12.2. The fourth-order valence-corrected chi connectivity index (χ4v) is 4.75. The van der Waals surface area contributed by atoms with Crippen LogP contribution in [0.3, 0.4) is 0 Å². The number of hydrogen-bond acceptors (Lipinski definition) is 3. The quantitative estimate of drug-likeness (QED) is 0.337. The lowest BCUT2D eigenvalue weighted by Gasteiger charge is -2.22. The van der Waals surface area contributed by atoms with Crippen molar-refractivity contribution in [3.63, 3.8) is 0 Å². The van der Waals surface area contributed by atoms with Gasteiger partial charge >= 0.3 is 5.69 Å². The standard InChI is InChI=1S/C29H31N5O2/c1-21(2)18-34-25-20-33(19-22-12-14-24(15-13-22)32-16-8-9-17-32)27(26(25)28(35)31(4)29(34)36)30(3)23-10-6-5-7-11-23/h5-17,20-21H,18-19H2,1-4H3. The van der Waals surface area contributed by atoms with Crippen molar-refractivity contribution in [2.75, 3.05) is 11.9 Å². The largest absolute Gasteiger partial charge is 0.331 e. The molecule has 3 aromatic heterocycles. The Kier molecular flexibility index (Phi) is 6.14. The van der Waals surface area contributed by atoms with Gasteiger partial charge < -0.3 is 14.0 Å². The number of anilines is 2. The third-order valence-electron chi connectivity index (χ3n) is 6.56. The summed E-state index contributed by atoms with van der Waals surface area (Å²) in [7, 11) is 3.53. The Morgan fingerprint density at radius 3 is 2.19 bits per heavy atom. The second-order valence-electron chi connectivity index (χ2n) is 9.64. The average Bonchev–Trinajstić information content (AvgIpc) is 3.55. The van der Waals surface area contributed by atoms with E-state index in [1.165, 1.54) is 4.57 Å². The minimum atomic E-state index is -0.289. The van der Waals surface area contributed by atoms with Gasteiger partial charge in [0.15, 0.2) is 0 Å². The highest BCUT2D eigenvalue weighted by Crippen LogP contribution is 2.31. The molecule has 5 aromatic rings. The van der Waals surface area contributed by atoms with E-state index in [9.17, 15) is 9.59 Å². The molecule has 0 N–H and O–H groups in total. The van der Waals surface area contributed by atoms with Gasteiger partial charge in [-0.3, -0.25) is 13.9 Å². The van der Waals surface area contributed by atoms with Crippen molar-refractivity contribution < 1.29 is 0 Å². The molecule has 7 nitrogen and oxygen atoms in total. The number of hydrogen-bond donors (Lipinski definition) is 0.